The summed E-state index contributed by atoms with van der Waals surface area (Å²) in [6, 6.07) is 0. The Labute approximate surface area is 84.3 Å². The Morgan fingerprint density at radius 1 is 1.07 bits per heavy atom. The molecule has 14 heavy (non-hydrogen) atoms. The van der Waals surface area contributed by atoms with Crippen LogP contribution < -0.4 is 5.32 Å². The summed E-state index contributed by atoms with van der Waals surface area (Å²) in [5, 5.41) is 3.05. The monoisotopic (exact) mass is 203 g/mol. The molecule has 1 heterocycles. The highest BCUT2D eigenvalue weighted by molar-refractivity contribution is 4.86. The van der Waals surface area contributed by atoms with Gasteiger partial charge in [-0.2, -0.15) is 0 Å². The molecule has 0 amide bonds. The highest BCUT2D eigenvalue weighted by atomic mass is 19.3. The van der Waals surface area contributed by atoms with Crippen LogP contribution in [0.1, 0.15) is 38.5 Å². The largest absolute Gasteiger partial charge is 0.316 e. The van der Waals surface area contributed by atoms with Gasteiger partial charge in [0, 0.05) is 12.3 Å². The summed E-state index contributed by atoms with van der Waals surface area (Å²) >= 11 is 0. The molecule has 1 saturated carbocycles. The van der Waals surface area contributed by atoms with Gasteiger partial charge in [0.25, 0.3) is 5.92 Å². The van der Waals surface area contributed by atoms with Crippen LogP contribution in [0.25, 0.3) is 0 Å². The third-order valence-electron chi connectivity index (χ3n) is 3.63. The van der Waals surface area contributed by atoms with Gasteiger partial charge in [-0.05, 0) is 31.8 Å². The fourth-order valence-electron chi connectivity index (χ4n) is 2.57. The van der Waals surface area contributed by atoms with E-state index >= 15 is 0 Å². The van der Waals surface area contributed by atoms with Gasteiger partial charge in [0.1, 0.15) is 0 Å². The van der Waals surface area contributed by atoms with Crippen LogP contribution in [0.15, 0.2) is 0 Å². The normalized spacial score (nSPS) is 26.1. The van der Waals surface area contributed by atoms with E-state index in [1.807, 2.05) is 0 Å². The molecular formula is C11H19F2N. The Hall–Kier alpha value is -0.180. The van der Waals surface area contributed by atoms with E-state index in [2.05, 4.69) is 5.32 Å². The van der Waals surface area contributed by atoms with Gasteiger partial charge in [-0.15, -0.1) is 0 Å². The lowest BCUT2D eigenvalue weighted by molar-refractivity contribution is -0.0926. The van der Waals surface area contributed by atoms with Gasteiger partial charge in [-0.3, -0.25) is 0 Å². The first-order valence-corrected chi connectivity index (χ1v) is 5.77. The van der Waals surface area contributed by atoms with Crippen LogP contribution in [-0.4, -0.2) is 19.0 Å². The zero-order valence-electron chi connectivity index (χ0n) is 8.57. The molecule has 2 rings (SSSR count). The minimum absolute atomic E-state index is 0.116. The first kappa shape index (κ1) is 10.3. The molecule has 0 bridgehead atoms. The van der Waals surface area contributed by atoms with E-state index in [0.29, 0.717) is 0 Å². The summed E-state index contributed by atoms with van der Waals surface area (Å²) < 4.78 is 27.5. The lowest BCUT2D eigenvalue weighted by atomic mass is 9.80. The van der Waals surface area contributed by atoms with Crippen LogP contribution in [0, 0.1) is 11.8 Å². The van der Waals surface area contributed by atoms with Gasteiger partial charge in [0.15, 0.2) is 0 Å². The van der Waals surface area contributed by atoms with E-state index in [9.17, 15) is 8.78 Å². The van der Waals surface area contributed by atoms with Crippen molar-refractivity contribution in [2.24, 2.45) is 11.8 Å². The summed E-state index contributed by atoms with van der Waals surface area (Å²) in [4.78, 5) is 0. The van der Waals surface area contributed by atoms with Crippen molar-refractivity contribution in [3.63, 3.8) is 0 Å². The molecule has 2 fully saturated rings. The smallest absolute Gasteiger partial charge is 0.251 e. The van der Waals surface area contributed by atoms with Crippen molar-refractivity contribution in [3.05, 3.63) is 0 Å². The van der Waals surface area contributed by atoms with Gasteiger partial charge in [-0.25, -0.2) is 8.78 Å². The maximum absolute atomic E-state index is 13.8. The van der Waals surface area contributed by atoms with Crippen molar-refractivity contribution in [1.82, 2.24) is 5.32 Å². The minimum Gasteiger partial charge on any atom is -0.316 e. The van der Waals surface area contributed by atoms with Crippen molar-refractivity contribution in [2.75, 3.05) is 13.1 Å². The number of halogens is 2. The average molecular weight is 203 g/mol. The van der Waals surface area contributed by atoms with Crippen molar-refractivity contribution < 1.29 is 8.78 Å². The molecule has 1 N–H and O–H groups in total. The molecule has 1 nitrogen and oxygen atoms in total. The second-order valence-electron chi connectivity index (χ2n) is 4.82. The lowest BCUT2D eigenvalue weighted by Gasteiger charge is -2.35. The molecule has 1 saturated heterocycles. The SMILES string of the molecule is FC(F)(CC1CNC1)C1CCCCC1. The summed E-state index contributed by atoms with van der Waals surface area (Å²) in [6.45, 7) is 1.59. The summed E-state index contributed by atoms with van der Waals surface area (Å²) in [7, 11) is 0. The zero-order chi connectivity index (χ0) is 10.0. The van der Waals surface area contributed by atoms with E-state index in [4.69, 9.17) is 0 Å². The number of rotatable bonds is 3. The quantitative estimate of drug-likeness (QED) is 0.743. The van der Waals surface area contributed by atoms with Gasteiger partial charge in [-0.1, -0.05) is 19.3 Å². The Balaban J connectivity index is 1.84. The van der Waals surface area contributed by atoms with E-state index in [0.717, 1.165) is 45.2 Å². The summed E-state index contributed by atoms with van der Waals surface area (Å²) in [5.74, 6) is -2.49. The molecule has 0 aromatic rings. The van der Waals surface area contributed by atoms with Gasteiger partial charge in [0.2, 0.25) is 0 Å². The summed E-state index contributed by atoms with van der Waals surface area (Å²) in [6.07, 6.45) is 4.76. The van der Waals surface area contributed by atoms with Crippen molar-refractivity contribution in [1.29, 1.82) is 0 Å². The maximum atomic E-state index is 13.8. The molecule has 0 spiro atoms. The molecule has 2 aliphatic rings. The topological polar surface area (TPSA) is 12.0 Å². The third-order valence-corrected chi connectivity index (χ3v) is 3.63. The van der Waals surface area contributed by atoms with Crippen molar-refractivity contribution in [3.8, 4) is 0 Å². The molecule has 0 unspecified atom stereocenters. The predicted molar refractivity (Wildman–Crippen MR) is 52.5 cm³/mol. The predicted octanol–water partition coefficient (Wildman–Crippen LogP) is 2.81. The molecular weight excluding hydrogens is 184 g/mol. The van der Waals surface area contributed by atoms with Gasteiger partial charge >= 0.3 is 0 Å². The van der Waals surface area contributed by atoms with Gasteiger partial charge in [0.05, 0.1) is 0 Å². The van der Waals surface area contributed by atoms with E-state index in [-0.39, 0.29) is 18.3 Å². The Morgan fingerprint density at radius 3 is 2.21 bits per heavy atom. The highest BCUT2D eigenvalue weighted by Crippen LogP contribution is 2.40. The molecule has 0 aromatic heterocycles. The van der Waals surface area contributed by atoms with E-state index in [1.165, 1.54) is 0 Å². The molecule has 0 radical (unpaired) electrons. The number of alkyl halides is 2. The van der Waals surface area contributed by atoms with E-state index in [1.54, 1.807) is 0 Å². The standard InChI is InChI=1S/C11H19F2N/c12-11(13,6-9-7-14-8-9)10-4-2-1-3-5-10/h9-10,14H,1-8H2. The van der Waals surface area contributed by atoms with Crippen LogP contribution in [0.3, 0.4) is 0 Å². The van der Waals surface area contributed by atoms with Crippen molar-refractivity contribution in [2.45, 2.75) is 44.4 Å². The number of nitrogens with one attached hydrogen (secondary N) is 1. The highest BCUT2D eigenvalue weighted by Gasteiger charge is 2.42. The molecule has 1 aliphatic heterocycles. The maximum Gasteiger partial charge on any atom is 0.251 e. The lowest BCUT2D eigenvalue weighted by Crippen LogP contribution is -2.46. The van der Waals surface area contributed by atoms with Crippen LogP contribution in [0.5, 0.6) is 0 Å². The zero-order valence-corrected chi connectivity index (χ0v) is 8.57. The Morgan fingerprint density at radius 2 is 1.71 bits per heavy atom. The van der Waals surface area contributed by atoms with Crippen LogP contribution in [0.4, 0.5) is 8.78 Å². The van der Waals surface area contributed by atoms with E-state index < -0.39 is 5.92 Å². The van der Waals surface area contributed by atoms with Crippen molar-refractivity contribution >= 4 is 0 Å². The molecule has 82 valence electrons. The molecule has 0 atom stereocenters. The number of hydrogen-bond acceptors (Lipinski definition) is 1. The number of hydrogen-bond donors (Lipinski definition) is 1. The van der Waals surface area contributed by atoms with Crippen LogP contribution in [-0.2, 0) is 0 Å². The average Bonchev–Trinajstić information content (AvgIpc) is 2.13. The molecule has 1 aliphatic carbocycles. The van der Waals surface area contributed by atoms with Crippen LogP contribution in [0.2, 0.25) is 0 Å². The molecule has 0 aromatic carbocycles. The first-order valence-electron chi connectivity index (χ1n) is 5.77. The van der Waals surface area contributed by atoms with Gasteiger partial charge < -0.3 is 5.32 Å². The second-order valence-corrected chi connectivity index (χ2v) is 4.82. The van der Waals surface area contributed by atoms with Crippen LogP contribution >= 0.6 is 0 Å². The Kier molecular flexibility index (Phi) is 3.05. The fraction of sp³-hybridized carbons (Fsp3) is 1.00. The first-order chi connectivity index (χ1) is 6.68. The summed E-state index contributed by atoms with van der Waals surface area (Å²) in [5.41, 5.74) is 0. The third kappa shape index (κ3) is 2.25. The minimum atomic E-state index is -2.40. The second kappa shape index (κ2) is 4.13. The Bertz CT molecular complexity index is 184. The molecule has 3 heteroatoms. The fourth-order valence-corrected chi connectivity index (χ4v) is 2.57.